The quantitative estimate of drug-likeness (QED) is 0.790. The molecule has 4 nitrogen and oxygen atoms in total. The number of ether oxygens (including phenoxy) is 1. The van der Waals surface area contributed by atoms with Crippen LogP contribution in [0, 0.1) is 11.3 Å². The number of nitrogens with zero attached hydrogens (tertiary/aromatic N) is 2. The molecule has 2 unspecified atom stereocenters. The predicted octanol–water partition coefficient (Wildman–Crippen LogP) is 1.99. The Labute approximate surface area is 101 Å². The van der Waals surface area contributed by atoms with Crippen LogP contribution in [0.15, 0.2) is 18.3 Å². The molecule has 2 rings (SSSR count). The fourth-order valence-electron chi connectivity index (χ4n) is 2.15. The van der Waals surface area contributed by atoms with Gasteiger partial charge in [-0.05, 0) is 25.3 Å². The lowest BCUT2D eigenvalue weighted by molar-refractivity contribution is 0.156. The summed E-state index contributed by atoms with van der Waals surface area (Å²) in [5.74, 6) is 0.506. The third-order valence-electron chi connectivity index (χ3n) is 3.14. The van der Waals surface area contributed by atoms with E-state index in [0.717, 1.165) is 19.3 Å². The molecule has 1 saturated carbocycles. The van der Waals surface area contributed by atoms with E-state index in [9.17, 15) is 0 Å². The Morgan fingerprint density at radius 3 is 3.00 bits per heavy atom. The summed E-state index contributed by atoms with van der Waals surface area (Å²) in [5.41, 5.74) is 6.65. The minimum atomic E-state index is 0.0268. The highest BCUT2D eigenvalue weighted by Crippen LogP contribution is 2.21. The molecule has 0 amide bonds. The van der Waals surface area contributed by atoms with Crippen LogP contribution in [-0.2, 0) is 0 Å². The van der Waals surface area contributed by atoms with Crippen LogP contribution >= 0.6 is 0 Å². The highest BCUT2D eigenvalue weighted by Gasteiger charge is 2.22. The van der Waals surface area contributed by atoms with Crippen LogP contribution in [0.3, 0.4) is 0 Å². The fraction of sp³-hybridized carbons (Fsp3) is 0.538. The summed E-state index contributed by atoms with van der Waals surface area (Å²) in [4.78, 5) is 4.12. The van der Waals surface area contributed by atoms with E-state index in [0.29, 0.717) is 11.4 Å². The summed E-state index contributed by atoms with van der Waals surface area (Å²) in [7, 11) is 0. The maximum Gasteiger partial charge on any atom is 0.214 e. The van der Waals surface area contributed by atoms with E-state index in [-0.39, 0.29) is 12.1 Å². The number of aromatic nitrogens is 1. The molecule has 90 valence electrons. The highest BCUT2D eigenvalue weighted by molar-refractivity contribution is 5.31. The lowest BCUT2D eigenvalue weighted by atomic mass is 10.1. The van der Waals surface area contributed by atoms with Crippen molar-refractivity contribution in [3.63, 3.8) is 0 Å². The Morgan fingerprint density at radius 2 is 2.18 bits per heavy atom. The molecule has 1 aliphatic rings. The molecule has 2 N–H and O–H groups in total. The molecule has 0 aliphatic heterocycles. The SMILES string of the molecule is N#Cc1ccnc(OC2CCCCCC2N)c1. The van der Waals surface area contributed by atoms with Crippen LogP contribution in [0.25, 0.3) is 0 Å². The van der Waals surface area contributed by atoms with Gasteiger partial charge in [-0.25, -0.2) is 4.98 Å². The van der Waals surface area contributed by atoms with Gasteiger partial charge >= 0.3 is 0 Å². The van der Waals surface area contributed by atoms with Gasteiger partial charge in [0.1, 0.15) is 6.10 Å². The topological polar surface area (TPSA) is 71.9 Å². The average molecular weight is 231 g/mol. The Bertz CT molecular complexity index is 413. The van der Waals surface area contributed by atoms with Gasteiger partial charge in [0.25, 0.3) is 0 Å². The first-order chi connectivity index (χ1) is 8.29. The molecule has 1 fully saturated rings. The lowest BCUT2D eigenvalue weighted by Gasteiger charge is -2.22. The van der Waals surface area contributed by atoms with Crippen molar-refractivity contribution in [1.82, 2.24) is 4.98 Å². The number of hydrogen-bond acceptors (Lipinski definition) is 4. The van der Waals surface area contributed by atoms with Gasteiger partial charge in [0.2, 0.25) is 5.88 Å². The molecule has 1 aromatic heterocycles. The standard InChI is InChI=1S/C13H17N3O/c14-9-10-6-7-16-13(8-10)17-12-5-3-1-2-4-11(12)15/h6-8,11-12H,1-5,15H2. The number of nitriles is 1. The zero-order valence-electron chi connectivity index (χ0n) is 9.80. The molecule has 0 radical (unpaired) electrons. The zero-order chi connectivity index (χ0) is 12.1. The second kappa shape index (κ2) is 5.65. The number of nitrogens with two attached hydrogens (primary N) is 1. The summed E-state index contributed by atoms with van der Waals surface area (Å²) in [5, 5.41) is 8.81. The monoisotopic (exact) mass is 231 g/mol. The van der Waals surface area contributed by atoms with E-state index in [2.05, 4.69) is 11.1 Å². The molecule has 1 heterocycles. The van der Waals surface area contributed by atoms with E-state index in [1.54, 1.807) is 18.3 Å². The van der Waals surface area contributed by atoms with Crippen molar-refractivity contribution in [2.45, 2.75) is 44.2 Å². The Morgan fingerprint density at radius 1 is 1.35 bits per heavy atom. The Hall–Kier alpha value is -1.60. The van der Waals surface area contributed by atoms with Crippen molar-refractivity contribution in [2.24, 2.45) is 5.73 Å². The van der Waals surface area contributed by atoms with Crippen molar-refractivity contribution < 1.29 is 4.74 Å². The second-order valence-corrected chi connectivity index (χ2v) is 4.45. The molecular formula is C13H17N3O. The van der Waals surface area contributed by atoms with Gasteiger partial charge in [-0.1, -0.05) is 12.8 Å². The molecule has 0 spiro atoms. The Kier molecular flexibility index (Phi) is 3.94. The molecule has 2 atom stereocenters. The van der Waals surface area contributed by atoms with E-state index in [1.165, 1.54) is 12.8 Å². The van der Waals surface area contributed by atoms with Crippen LogP contribution in [-0.4, -0.2) is 17.1 Å². The smallest absolute Gasteiger partial charge is 0.214 e. The summed E-state index contributed by atoms with van der Waals surface area (Å²) >= 11 is 0. The van der Waals surface area contributed by atoms with Gasteiger partial charge in [-0.15, -0.1) is 0 Å². The van der Waals surface area contributed by atoms with Crippen molar-refractivity contribution in [2.75, 3.05) is 0 Å². The van der Waals surface area contributed by atoms with Gasteiger partial charge in [0, 0.05) is 18.3 Å². The third kappa shape index (κ3) is 3.18. The molecule has 17 heavy (non-hydrogen) atoms. The van der Waals surface area contributed by atoms with Crippen LogP contribution in [0.4, 0.5) is 0 Å². The van der Waals surface area contributed by atoms with Crippen molar-refractivity contribution in [3.05, 3.63) is 23.9 Å². The van der Waals surface area contributed by atoms with Crippen LogP contribution in [0.5, 0.6) is 5.88 Å². The van der Waals surface area contributed by atoms with E-state index in [4.69, 9.17) is 15.7 Å². The average Bonchev–Trinajstić information content (AvgIpc) is 2.55. The van der Waals surface area contributed by atoms with E-state index in [1.807, 2.05) is 0 Å². The van der Waals surface area contributed by atoms with Crippen LogP contribution in [0.2, 0.25) is 0 Å². The predicted molar refractivity (Wildman–Crippen MR) is 64.4 cm³/mol. The first-order valence-electron chi connectivity index (χ1n) is 6.08. The van der Waals surface area contributed by atoms with Gasteiger partial charge in [-0.3, -0.25) is 0 Å². The van der Waals surface area contributed by atoms with Gasteiger partial charge in [0.15, 0.2) is 0 Å². The first-order valence-corrected chi connectivity index (χ1v) is 6.08. The van der Waals surface area contributed by atoms with Crippen molar-refractivity contribution in [1.29, 1.82) is 5.26 Å². The van der Waals surface area contributed by atoms with E-state index >= 15 is 0 Å². The normalized spacial score (nSPS) is 24.7. The summed E-state index contributed by atoms with van der Waals surface area (Å²) in [6, 6.07) is 5.48. The molecule has 1 aromatic rings. The molecule has 0 aromatic carbocycles. The summed E-state index contributed by atoms with van der Waals surface area (Å²) < 4.78 is 5.80. The molecule has 0 saturated heterocycles. The third-order valence-corrected chi connectivity index (χ3v) is 3.14. The minimum absolute atomic E-state index is 0.0268. The minimum Gasteiger partial charge on any atom is -0.473 e. The summed E-state index contributed by atoms with van der Waals surface area (Å²) in [6.07, 6.45) is 7.14. The number of hydrogen-bond donors (Lipinski definition) is 1. The largest absolute Gasteiger partial charge is 0.473 e. The van der Waals surface area contributed by atoms with Crippen LogP contribution in [0.1, 0.15) is 37.7 Å². The van der Waals surface area contributed by atoms with Crippen LogP contribution < -0.4 is 10.5 Å². The summed E-state index contributed by atoms with van der Waals surface area (Å²) in [6.45, 7) is 0. The maximum atomic E-state index is 8.81. The number of rotatable bonds is 2. The Balaban J connectivity index is 2.05. The molecular weight excluding hydrogens is 214 g/mol. The zero-order valence-corrected chi connectivity index (χ0v) is 9.80. The maximum absolute atomic E-state index is 8.81. The molecule has 1 aliphatic carbocycles. The lowest BCUT2D eigenvalue weighted by Crippen LogP contribution is -2.38. The van der Waals surface area contributed by atoms with Gasteiger partial charge in [0.05, 0.1) is 11.6 Å². The van der Waals surface area contributed by atoms with Gasteiger partial charge in [-0.2, -0.15) is 5.26 Å². The van der Waals surface area contributed by atoms with Crippen molar-refractivity contribution in [3.8, 4) is 11.9 Å². The highest BCUT2D eigenvalue weighted by atomic mass is 16.5. The fourth-order valence-corrected chi connectivity index (χ4v) is 2.15. The molecule has 0 bridgehead atoms. The first kappa shape index (κ1) is 11.9. The van der Waals surface area contributed by atoms with Gasteiger partial charge < -0.3 is 10.5 Å². The second-order valence-electron chi connectivity index (χ2n) is 4.45. The van der Waals surface area contributed by atoms with E-state index < -0.39 is 0 Å². The molecule has 4 heteroatoms. The number of pyridine rings is 1. The van der Waals surface area contributed by atoms with Crippen molar-refractivity contribution >= 4 is 0 Å².